The van der Waals surface area contributed by atoms with Crippen molar-refractivity contribution in [3.63, 3.8) is 0 Å². The molecule has 0 saturated carbocycles. The second-order valence-corrected chi connectivity index (χ2v) is 4.87. The SMILES string of the molecule is O=C(c1ccccc1)N1CCN(Cc2ncn[nH]2)CC1. The van der Waals surface area contributed by atoms with Gasteiger partial charge in [-0.15, -0.1) is 0 Å². The smallest absolute Gasteiger partial charge is 0.253 e. The van der Waals surface area contributed by atoms with Crippen molar-refractivity contribution in [2.75, 3.05) is 26.2 Å². The van der Waals surface area contributed by atoms with Crippen molar-refractivity contribution in [3.05, 3.63) is 48.0 Å². The Morgan fingerprint density at radius 1 is 1.15 bits per heavy atom. The van der Waals surface area contributed by atoms with E-state index in [2.05, 4.69) is 20.1 Å². The van der Waals surface area contributed by atoms with Gasteiger partial charge in [0.25, 0.3) is 5.91 Å². The molecule has 0 bridgehead atoms. The number of rotatable bonds is 3. The normalized spacial score (nSPS) is 16.3. The Bertz CT molecular complexity index is 546. The van der Waals surface area contributed by atoms with E-state index >= 15 is 0 Å². The fourth-order valence-electron chi connectivity index (χ4n) is 2.39. The molecule has 2 heterocycles. The van der Waals surface area contributed by atoms with Crippen molar-refractivity contribution in [1.82, 2.24) is 25.0 Å². The number of nitrogens with one attached hydrogen (secondary N) is 1. The van der Waals surface area contributed by atoms with Gasteiger partial charge in [-0.25, -0.2) is 4.98 Å². The standard InChI is InChI=1S/C14H17N5O/c20-14(12-4-2-1-3-5-12)19-8-6-18(7-9-19)10-13-15-11-16-17-13/h1-5,11H,6-10H2,(H,15,16,17). The maximum atomic E-state index is 12.3. The molecule has 0 radical (unpaired) electrons. The minimum atomic E-state index is 0.116. The molecule has 6 nitrogen and oxygen atoms in total. The van der Waals surface area contributed by atoms with Gasteiger partial charge in [0, 0.05) is 31.7 Å². The van der Waals surface area contributed by atoms with E-state index in [0.717, 1.165) is 44.1 Å². The maximum Gasteiger partial charge on any atom is 0.253 e. The number of aromatic amines is 1. The van der Waals surface area contributed by atoms with Gasteiger partial charge in [-0.05, 0) is 12.1 Å². The Hall–Kier alpha value is -2.21. The van der Waals surface area contributed by atoms with E-state index in [-0.39, 0.29) is 5.91 Å². The quantitative estimate of drug-likeness (QED) is 0.895. The first-order valence-corrected chi connectivity index (χ1v) is 6.74. The first kappa shape index (κ1) is 12.8. The molecule has 0 spiro atoms. The summed E-state index contributed by atoms with van der Waals surface area (Å²) in [6.07, 6.45) is 1.52. The average molecular weight is 271 g/mol. The summed E-state index contributed by atoms with van der Waals surface area (Å²) in [5.74, 6) is 0.984. The van der Waals surface area contributed by atoms with Crippen molar-refractivity contribution < 1.29 is 4.79 Å². The van der Waals surface area contributed by atoms with Crippen LogP contribution in [0.5, 0.6) is 0 Å². The Balaban J connectivity index is 1.55. The fourth-order valence-corrected chi connectivity index (χ4v) is 2.39. The molecule has 2 aromatic rings. The summed E-state index contributed by atoms with van der Waals surface area (Å²) in [6.45, 7) is 3.98. The first-order valence-electron chi connectivity index (χ1n) is 6.74. The second-order valence-electron chi connectivity index (χ2n) is 4.87. The van der Waals surface area contributed by atoms with Gasteiger partial charge in [-0.2, -0.15) is 5.10 Å². The molecule has 1 aliphatic heterocycles. The van der Waals surface area contributed by atoms with Gasteiger partial charge in [-0.1, -0.05) is 18.2 Å². The molecule has 1 aromatic carbocycles. The zero-order chi connectivity index (χ0) is 13.8. The third-order valence-electron chi connectivity index (χ3n) is 3.52. The van der Waals surface area contributed by atoms with Gasteiger partial charge in [0.15, 0.2) is 0 Å². The van der Waals surface area contributed by atoms with Crippen LogP contribution in [-0.4, -0.2) is 57.1 Å². The van der Waals surface area contributed by atoms with E-state index in [9.17, 15) is 4.79 Å². The van der Waals surface area contributed by atoms with Gasteiger partial charge < -0.3 is 4.90 Å². The van der Waals surface area contributed by atoms with Crippen LogP contribution in [0.15, 0.2) is 36.7 Å². The van der Waals surface area contributed by atoms with Crippen molar-refractivity contribution in [3.8, 4) is 0 Å². The molecule has 104 valence electrons. The number of carbonyl (C=O) groups excluding carboxylic acids is 1. The summed E-state index contributed by atoms with van der Waals surface area (Å²) in [5, 5.41) is 6.70. The van der Waals surface area contributed by atoms with Crippen LogP contribution in [-0.2, 0) is 6.54 Å². The maximum absolute atomic E-state index is 12.3. The number of carbonyl (C=O) groups is 1. The van der Waals surface area contributed by atoms with Gasteiger partial charge >= 0.3 is 0 Å². The zero-order valence-electron chi connectivity index (χ0n) is 11.2. The lowest BCUT2D eigenvalue weighted by Crippen LogP contribution is -2.48. The zero-order valence-corrected chi connectivity index (χ0v) is 11.2. The number of amides is 1. The number of hydrogen-bond donors (Lipinski definition) is 1. The predicted octanol–water partition coefficient (Wildman–Crippen LogP) is 0.763. The molecule has 1 amide bonds. The summed E-state index contributed by atoms with van der Waals surface area (Å²) in [7, 11) is 0. The summed E-state index contributed by atoms with van der Waals surface area (Å²) < 4.78 is 0. The molecule has 0 unspecified atom stereocenters. The van der Waals surface area contributed by atoms with Crippen molar-refractivity contribution in [2.24, 2.45) is 0 Å². The van der Waals surface area contributed by atoms with Crippen molar-refractivity contribution in [2.45, 2.75) is 6.54 Å². The number of aromatic nitrogens is 3. The molecule has 0 atom stereocenters. The van der Waals surface area contributed by atoms with Gasteiger partial charge in [0.1, 0.15) is 12.2 Å². The third kappa shape index (κ3) is 2.85. The topological polar surface area (TPSA) is 65.1 Å². The number of H-pyrrole nitrogens is 1. The lowest BCUT2D eigenvalue weighted by molar-refractivity contribution is 0.0625. The van der Waals surface area contributed by atoms with Crippen molar-refractivity contribution in [1.29, 1.82) is 0 Å². The molecule has 6 heteroatoms. The first-order chi connectivity index (χ1) is 9.83. The van der Waals surface area contributed by atoms with Crippen LogP contribution in [0.25, 0.3) is 0 Å². The molecule has 1 fully saturated rings. The monoisotopic (exact) mass is 271 g/mol. The van der Waals surface area contributed by atoms with Gasteiger partial charge in [-0.3, -0.25) is 14.8 Å². The van der Waals surface area contributed by atoms with Gasteiger partial charge in [0.05, 0.1) is 6.54 Å². The molecule has 0 aliphatic carbocycles. The Labute approximate surface area is 117 Å². The van der Waals surface area contributed by atoms with E-state index in [1.165, 1.54) is 6.33 Å². The minimum Gasteiger partial charge on any atom is -0.336 e. The lowest BCUT2D eigenvalue weighted by atomic mass is 10.2. The van der Waals surface area contributed by atoms with E-state index in [4.69, 9.17) is 0 Å². The Morgan fingerprint density at radius 3 is 2.55 bits per heavy atom. The summed E-state index contributed by atoms with van der Waals surface area (Å²) in [5.41, 5.74) is 0.760. The second kappa shape index (κ2) is 5.83. The van der Waals surface area contributed by atoms with E-state index < -0.39 is 0 Å². The van der Waals surface area contributed by atoms with E-state index in [1.54, 1.807) is 0 Å². The number of piperazine rings is 1. The van der Waals surface area contributed by atoms with E-state index in [1.807, 2.05) is 35.2 Å². The van der Waals surface area contributed by atoms with Crippen LogP contribution in [0.1, 0.15) is 16.2 Å². The van der Waals surface area contributed by atoms with Crippen LogP contribution in [0.3, 0.4) is 0 Å². The summed E-state index contributed by atoms with van der Waals surface area (Å²) in [6, 6.07) is 9.44. The molecule has 1 saturated heterocycles. The van der Waals surface area contributed by atoms with E-state index in [0.29, 0.717) is 0 Å². The van der Waals surface area contributed by atoms with Crippen LogP contribution >= 0.6 is 0 Å². The molecule has 1 aliphatic rings. The highest BCUT2D eigenvalue weighted by atomic mass is 16.2. The fraction of sp³-hybridized carbons (Fsp3) is 0.357. The summed E-state index contributed by atoms with van der Waals surface area (Å²) >= 11 is 0. The highest BCUT2D eigenvalue weighted by molar-refractivity contribution is 5.94. The average Bonchev–Trinajstić information content (AvgIpc) is 3.01. The Kier molecular flexibility index (Phi) is 3.73. The molecule has 3 rings (SSSR count). The van der Waals surface area contributed by atoms with Crippen LogP contribution in [0.2, 0.25) is 0 Å². The van der Waals surface area contributed by atoms with Crippen molar-refractivity contribution >= 4 is 5.91 Å². The highest BCUT2D eigenvalue weighted by Crippen LogP contribution is 2.09. The highest BCUT2D eigenvalue weighted by Gasteiger charge is 2.22. The molecule has 1 N–H and O–H groups in total. The molecular formula is C14H17N5O. The lowest BCUT2D eigenvalue weighted by Gasteiger charge is -2.34. The largest absolute Gasteiger partial charge is 0.336 e. The van der Waals surface area contributed by atoms with Crippen LogP contribution < -0.4 is 0 Å². The number of benzene rings is 1. The number of hydrogen-bond acceptors (Lipinski definition) is 4. The van der Waals surface area contributed by atoms with Crippen LogP contribution in [0.4, 0.5) is 0 Å². The minimum absolute atomic E-state index is 0.116. The van der Waals surface area contributed by atoms with Crippen LogP contribution in [0, 0.1) is 0 Å². The molecule has 1 aromatic heterocycles. The number of nitrogens with zero attached hydrogens (tertiary/aromatic N) is 4. The Morgan fingerprint density at radius 2 is 1.90 bits per heavy atom. The molecular weight excluding hydrogens is 254 g/mol. The third-order valence-corrected chi connectivity index (χ3v) is 3.52. The summed E-state index contributed by atoms with van der Waals surface area (Å²) in [4.78, 5) is 20.6. The predicted molar refractivity (Wildman–Crippen MR) is 74.0 cm³/mol. The molecule has 20 heavy (non-hydrogen) atoms. The van der Waals surface area contributed by atoms with Gasteiger partial charge in [0.2, 0.25) is 0 Å².